The zero-order chi connectivity index (χ0) is 13.3. The fraction of sp³-hybridized carbons (Fsp3) is 0.462. The van der Waals surface area contributed by atoms with Gasteiger partial charge in [0, 0.05) is 30.2 Å². The van der Waals surface area contributed by atoms with Crippen molar-refractivity contribution in [3.63, 3.8) is 0 Å². The van der Waals surface area contributed by atoms with Gasteiger partial charge in [-0.15, -0.1) is 0 Å². The van der Waals surface area contributed by atoms with E-state index in [-0.39, 0.29) is 23.7 Å². The van der Waals surface area contributed by atoms with Crippen LogP contribution in [0.15, 0.2) is 18.2 Å². The van der Waals surface area contributed by atoms with Crippen LogP contribution in [0.1, 0.15) is 24.2 Å². The lowest BCUT2D eigenvalue weighted by Crippen LogP contribution is -2.55. The summed E-state index contributed by atoms with van der Waals surface area (Å²) >= 11 is 5.76. The minimum Gasteiger partial charge on any atom is -0.507 e. The number of carbonyl (C=O) groups excluding carboxylic acids is 1. The molecule has 1 amide bonds. The number of rotatable bonds is 1. The third-order valence-corrected chi connectivity index (χ3v) is 3.27. The average Bonchev–Trinajstić information content (AvgIpc) is 2.26. The Hall–Kier alpha value is -1.26. The summed E-state index contributed by atoms with van der Waals surface area (Å²) in [6, 6.07) is 5.09. The highest BCUT2D eigenvalue weighted by Crippen LogP contribution is 2.23. The number of halogens is 1. The van der Waals surface area contributed by atoms with Crippen molar-refractivity contribution in [3.05, 3.63) is 28.8 Å². The van der Waals surface area contributed by atoms with Crippen LogP contribution in [0.4, 0.5) is 0 Å². The SMILES string of the molecule is CC1CN(C(=O)c2ccc(Cl)cc2O)CC(C)N1. The van der Waals surface area contributed by atoms with Crippen molar-refractivity contribution >= 4 is 17.5 Å². The molecule has 0 spiro atoms. The van der Waals surface area contributed by atoms with E-state index < -0.39 is 0 Å². The Morgan fingerprint density at radius 3 is 2.56 bits per heavy atom. The summed E-state index contributed by atoms with van der Waals surface area (Å²) in [7, 11) is 0. The highest BCUT2D eigenvalue weighted by molar-refractivity contribution is 6.30. The topological polar surface area (TPSA) is 52.6 Å². The number of amides is 1. The van der Waals surface area contributed by atoms with Crippen LogP contribution in [-0.4, -0.2) is 41.1 Å². The summed E-state index contributed by atoms with van der Waals surface area (Å²) in [5.74, 6) is -0.212. The number of hydrogen-bond donors (Lipinski definition) is 2. The van der Waals surface area contributed by atoms with E-state index in [1.165, 1.54) is 6.07 Å². The Kier molecular flexibility index (Phi) is 3.78. The number of aromatic hydroxyl groups is 1. The molecule has 2 rings (SSSR count). The van der Waals surface area contributed by atoms with E-state index in [4.69, 9.17) is 11.6 Å². The molecule has 1 heterocycles. The van der Waals surface area contributed by atoms with Crippen LogP contribution in [0, 0.1) is 0 Å². The van der Waals surface area contributed by atoms with Gasteiger partial charge in [-0.1, -0.05) is 11.6 Å². The second-order valence-corrected chi connectivity index (χ2v) is 5.28. The van der Waals surface area contributed by atoms with Gasteiger partial charge < -0.3 is 15.3 Å². The van der Waals surface area contributed by atoms with E-state index in [0.29, 0.717) is 23.7 Å². The van der Waals surface area contributed by atoms with Crippen molar-refractivity contribution < 1.29 is 9.90 Å². The Morgan fingerprint density at radius 1 is 1.39 bits per heavy atom. The van der Waals surface area contributed by atoms with E-state index in [0.717, 1.165) is 0 Å². The first-order valence-electron chi connectivity index (χ1n) is 6.01. The molecule has 2 unspecified atom stereocenters. The minimum atomic E-state index is -0.149. The summed E-state index contributed by atoms with van der Waals surface area (Å²) in [6.45, 7) is 5.37. The standard InChI is InChI=1S/C13H17ClN2O2/c1-8-6-16(7-9(2)15-8)13(18)11-4-3-10(14)5-12(11)17/h3-5,8-9,15,17H,6-7H2,1-2H3. The maximum Gasteiger partial charge on any atom is 0.257 e. The largest absolute Gasteiger partial charge is 0.507 e. The van der Waals surface area contributed by atoms with Crippen LogP contribution in [0.25, 0.3) is 0 Å². The third kappa shape index (κ3) is 2.76. The van der Waals surface area contributed by atoms with Crippen molar-refractivity contribution in [2.24, 2.45) is 0 Å². The molecule has 0 aliphatic carbocycles. The molecule has 1 aromatic rings. The van der Waals surface area contributed by atoms with Crippen molar-refractivity contribution in [1.29, 1.82) is 0 Å². The van der Waals surface area contributed by atoms with Gasteiger partial charge in [-0.3, -0.25) is 4.79 Å². The van der Waals surface area contributed by atoms with Crippen LogP contribution < -0.4 is 5.32 Å². The number of nitrogens with one attached hydrogen (secondary N) is 1. The van der Waals surface area contributed by atoms with Crippen LogP contribution in [0.5, 0.6) is 5.75 Å². The first kappa shape index (κ1) is 13.2. The monoisotopic (exact) mass is 268 g/mol. The Bertz CT molecular complexity index is 454. The minimum absolute atomic E-state index is 0.0636. The second kappa shape index (κ2) is 5.16. The zero-order valence-electron chi connectivity index (χ0n) is 10.5. The molecule has 1 saturated heterocycles. The molecule has 1 fully saturated rings. The lowest BCUT2D eigenvalue weighted by molar-refractivity contribution is 0.0671. The highest BCUT2D eigenvalue weighted by atomic mass is 35.5. The quantitative estimate of drug-likeness (QED) is 0.818. The first-order chi connectivity index (χ1) is 8.47. The van der Waals surface area contributed by atoms with Gasteiger partial charge in [0.15, 0.2) is 0 Å². The fourth-order valence-corrected chi connectivity index (χ4v) is 2.51. The molecule has 1 aromatic carbocycles. The number of benzene rings is 1. The lowest BCUT2D eigenvalue weighted by Gasteiger charge is -2.36. The molecule has 0 saturated carbocycles. The van der Waals surface area contributed by atoms with E-state index in [2.05, 4.69) is 5.32 Å². The molecule has 18 heavy (non-hydrogen) atoms. The molecular weight excluding hydrogens is 252 g/mol. The summed E-state index contributed by atoms with van der Waals surface area (Å²) in [6.07, 6.45) is 0. The normalized spacial score (nSPS) is 24.1. The highest BCUT2D eigenvalue weighted by Gasteiger charge is 2.26. The van der Waals surface area contributed by atoms with Crippen LogP contribution in [0.3, 0.4) is 0 Å². The van der Waals surface area contributed by atoms with Gasteiger partial charge in [0.1, 0.15) is 5.75 Å². The van der Waals surface area contributed by atoms with Gasteiger partial charge >= 0.3 is 0 Å². The number of nitrogens with zero attached hydrogens (tertiary/aromatic N) is 1. The van der Waals surface area contributed by atoms with E-state index in [1.807, 2.05) is 13.8 Å². The molecule has 5 heteroatoms. The van der Waals surface area contributed by atoms with E-state index in [1.54, 1.807) is 17.0 Å². The molecule has 2 atom stereocenters. The predicted octanol–water partition coefficient (Wildman–Crippen LogP) is 1.87. The molecule has 1 aliphatic heterocycles. The number of carbonyl (C=O) groups is 1. The molecule has 1 aliphatic rings. The fourth-order valence-electron chi connectivity index (χ4n) is 2.35. The maximum absolute atomic E-state index is 12.3. The number of piperazine rings is 1. The molecule has 0 bridgehead atoms. The van der Waals surface area contributed by atoms with Crippen molar-refractivity contribution in [1.82, 2.24) is 10.2 Å². The molecule has 0 aromatic heterocycles. The average molecular weight is 269 g/mol. The van der Waals surface area contributed by atoms with Gasteiger partial charge in [0.05, 0.1) is 5.56 Å². The molecule has 2 N–H and O–H groups in total. The number of hydrogen-bond acceptors (Lipinski definition) is 3. The van der Waals surface area contributed by atoms with Crippen LogP contribution in [-0.2, 0) is 0 Å². The van der Waals surface area contributed by atoms with Crippen molar-refractivity contribution in [3.8, 4) is 5.75 Å². The van der Waals surface area contributed by atoms with Gasteiger partial charge in [-0.2, -0.15) is 0 Å². The molecule has 98 valence electrons. The van der Waals surface area contributed by atoms with Crippen LogP contribution >= 0.6 is 11.6 Å². The summed E-state index contributed by atoms with van der Waals surface area (Å²) in [5, 5.41) is 13.6. The summed E-state index contributed by atoms with van der Waals surface area (Å²) in [5.41, 5.74) is 0.306. The number of phenolic OH excluding ortho intramolecular Hbond substituents is 1. The molecular formula is C13H17ClN2O2. The second-order valence-electron chi connectivity index (χ2n) is 4.84. The smallest absolute Gasteiger partial charge is 0.257 e. The Labute approximate surface area is 112 Å². The Balaban J connectivity index is 2.20. The number of phenols is 1. The van der Waals surface area contributed by atoms with Gasteiger partial charge in [-0.25, -0.2) is 0 Å². The van der Waals surface area contributed by atoms with Gasteiger partial charge in [0.2, 0.25) is 0 Å². The van der Waals surface area contributed by atoms with Crippen molar-refractivity contribution in [2.45, 2.75) is 25.9 Å². The molecule has 0 radical (unpaired) electrons. The van der Waals surface area contributed by atoms with Gasteiger partial charge in [0.25, 0.3) is 5.91 Å². The van der Waals surface area contributed by atoms with Gasteiger partial charge in [-0.05, 0) is 32.0 Å². The zero-order valence-corrected chi connectivity index (χ0v) is 11.2. The maximum atomic E-state index is 12.3. The van der Waals surface area contributed by atoms with Crippen LogP contribution in [0.2, 0.25) is 5.02 Å². The van der Waals surface area contributed by atoms with Crippen molar-refractivity contribution in [2.75, 3.05) is 13.1 Å². The molecule has 4 nitrogen and oxygen atoms in total. The third-order valence-electron chi connectivity index (χ3n) is 3.03. The lowest BCUT2D eigenvalue weighted by atomic mass is 10.1. The van der Waals surface area contributed by atoms with E-state index in [9.17, 15) is 9.90 Å². The first-order valence-corrected chi connectivity index (χ1v) is 6.39. The van der Waals surface area contributed by atoms with E-state index >= 15 is 0 Å². The summed E-state index contributed by atoms with van der Waals surface area (Å²) in [4.78, 5) is 14.1. The summed E-state index contributed by atoms with van der Waals surface area (Å²) < 4.78 is 0. The Morgan fingerprint density at radius 2 is 2.00 bits per heavy atom. The predicted molar refractivity (Wildman–Crippen MR) is 71.1 cm³/mol.